The molecule has 0 radical (unpaired) electrons. The third-order valence-corrected chi connectivity index (χ3v) is 3.22. The predicted molar refractivity (Wildman–Crippen MR) is 77.7 cm³/mol. The van der Waals surface area contributed by atoms with Crippen molar-refractivity contribution in [2.45, 2.75) is 6.54 Å². The summed E-state index contributed by atoms with van der Waals surface area (Å²) in [7, 11) is 0. The Morgan fingerprint density at radius 3 is 2.42 bits per heavy atom. The van der Waals surface area contributed by atoms with E-state index in [4.69, 9.17) is 0 Å². The molecule has 0 bridgehead atoms. The molecule has 94 valence electrons. The number of halogens is 1. The average molecular weight is 251 g/mol. The Hall–Kier alpha value is -2.35. The molecule has 0 fully saturated rings. The van der Waals surface area contributed by atoms with E-state index in [2.05, 4.69) is 29.6 Å². The molecule has 0 amide bonds. The highest BCUT2D eigenvalue weighted by molar-refractivity contribution is 5.85. The van der Waals surface area contributed by atoms with E-state index in [0.29, 0.717) is 12.2 Å². The van der Waals surface area contributed by atoms with Crippen molar-refractivity contribution in [1.29, 1.82) is 0 Å². The van der Waals surface area contributed by atoms with Crippen LogP contribution in [0.3, 0.4) is 0 Å². The van der Waals surface area contributed by atoms with Crippen molar-refractivity contribution in [3.8, 4) is 0 Å². The first kappa shape index (κ1) is 11.7. The number of nitrogens with one attached hydrogen (secondary N) is 1. The predicted octanol–water partition coefficient (Wildman–Crippen LogP) is 4.59. The number of hydrogen-bond donors (Lipinski definition) is 1. The summed E-state index contributed by atoms with van der Waals surface area (Å²) in [5.41, 5.74) is 1.71. The first-order chi connectivity index (χ1) is 9.34. The summed E-state index contributed by atoms with van der Waals surface area (Å²) in [6.07, 6.45) is 0. The normalized spacial score (nSPS) is 10.6. The van der Waals surface area contributed by atoms with Gasteiger partial charge in [0, 0.05) is 6.54 Å². The molecule has 2 heteroatoms. The first-order valence-electron chi connectivity index (χ1n) is 6.29. The minimum Gasteiger partial charge on any atom is -0.379 e. The minimum atomic E-state index is -0.220. The van der Waals surface area contributed by atoms with Crippen molar-refractivity contribution < 1.29 is 4.39 Å². The molecule has 1 N–H and O–H groups in total. The van der Waals surface area contributed by atoms with E-state index in [1.54, 1.807) is 12.1 Å². The van der Waals surface area contributed by atoms with Crippen LogP contribution in [0.25, 0.3) is 10.8 Å². The van der Waals surface area contributed by atoms with Gasteiger partial charge in [0.1, 0.15) is 5.82 Å². The second-order valence-electron chi connectivity index (χ2n) is 4.47. The SMILES string of the molecule is Fc1ccccc1NCc1cccc2ccccc12. The lowest BCUT2D eigenvalue weighted by atomic mass is 10.0. The zero-order valence-corrected chi connectivity index (χ0v) is 10.4. The smallest absolute Gasteiger partial charge is 0.146 e. The highest BCUT2D eigenvalue weighted by Gasteiger charge is 2.02. The van der Waals surface area contributed by atoms with Crippen molar-refractivity contribution in [1.82, 2.24) is 0 Å². The second kappa shape index (κ2) is 5.11. The molecule has 0 aliphatic carbocycles. The van der Waals surface area contributed by atoms with Crippen LogP contribution in [0.1, 0.15) is 5.56 Å². The van der Waals surface area contributed by atoms with E-state index in [9.17, 15) is 4.39 Å². The van der Waals surface area contributed by atoms with Crippen molar-refractivity contribution in [3.05, 3.63) is 78.1 Å². The Bertz CT molecular complexity index is 701. The van der Waals surface area contributed by atoms with E-state index in [1.807, 2.05) is 24.3 Å². The lowest BCUT2D eigenvalue weighted by Gasteiger charge is -2.10. The monoisotopic (exact) mass is 251 g/mol. The fraction of sp³-hybridized carbons (Fsp3) is 0.0588. The van der Waals surface area contributed by atoms with Gasteiger partial charge in [-0.25, -0.2) is 4.39 Å². The maximum Gasteiger partial charge on any atom is 0.146 e. The summed E-state index contributed by atoms with van der Waals surface area (Å²) >= 11 is 0. The first-order valence-corrected chi connectivity index (χ1v) is 6.29. The third-order valence-electron chi connectivity index (χ3n) is 3.22. The zero-order valence-electron chi connectivity index (χ0n) is 10.4. The highest BCUT2D eigenvalue weighted by Crippen LogP contribution is 2.20. The summed E-state index contributed by atoms with van der Waals surface area (Å²) in [5, 5.41) is 5.55. The van der Waals surface area contributed by atoms with E-state index in [0.717, 1.165) is 0 Å². The van der Waals surface area contributed by atoms with Crippen LogP contribution in [-0.2, 0) is 6.54 Å². The van der Waals surface area contributed by atoms with Crippen LogP contribution in [0.2, 0.25) is 0 Å². The Kier molecular flexibility index (Phi) is 3.15. The van der Waals surface area contributed by atoms with Gasteiger partial charge in [-0.15, -0.1) is 0 Å². The summed E-state index contributed by atoms with van der Waals surface area (Å²) in [6.45, 7) is 0.613. The molecule has 3 rings (SSSR count). The Morgan fingerprint density at radius 2 is 1.53 bits per heavy atom. The molecule has 1 nitrogen and oxygen atoms in total. The largest absolute Gasteiger partial charge is 0.379 e. The van der Waals surface area contributed by atoms with E-state index in [1.165, 1.54) is 22.4 Å². The molecule has 0 atom stereocenters. The quantitative estimate of drug-likeness (QED) is 0.717. The number of benzene rings is 3. The molecule has 0 aliphatic rings. The van der Waals surface area contributed by atoms with Crippen LogP contribution in [0.15, 0.2) is 66.7 Å². The summed E-state index contributed by atoms with van der Waals surface area (Å²) in [6, 6.07) is 21.1. The molecule has 0 aromatic heterocycles. The second-order valence-corrected chi connectivity index (χ2v) is 4.47. The number of rotatable bonds is 3. The Morgan fingerprint density at radius 1 is 0.789 bits per heavy atom. The fourth-order valence-electron chi connectivity index (χ4n) is 2.24. The molecule has 0 unspecified atom stereocenters. The van der Waals surface area contributed by atoms with Gasteiger partial charge in [0.05, 0.1) is 5.69 Å². The van der Waals surface area contributed by atoms with Gasteiger partial charge < -0.3 is 5.32 Å². The topological polar surface area (TPSA) is 12.0 Å². The van der Waals surface area contributed by atoms with Gasteiger partial charge in [-0.2, -0.15) is 0 Å². The molecule has 3 aromatic carbocycles. The summed E-state index contributed by atoms with van der Waals surface area (Å²) in [4.78, 5) is 0. The maximum absolute atomic E-state index is 13.5. The lowest BCUT2D eigenvalue weighted by Crippen LogP contribution is -2.01. The number of fused-ring (bicyclic) bond motifs is 1. The molecule has 0 spiro atoms. The third kappa shape index (κ3) is 2.43. The number of anilines is 1. The standard InChI is InChI=1S/C17H14FN/c18-16-10-3-4-11-17(16)19-12-14-8-5-7-13-6-1-2-9-15(13)14/h1-11,19H,12H2. The van der Waals surface area contributed by atoms with Crippen molar-refractivity contribution in [2.75, 3.05) is 5.32 Å². The van der Waals surface area contributed by atoms with Crippen LogP contribution in [-0.4, -0.2) is 0 Å². The van der Waals surface area contributed by atoms with Crippen LogP contribution >= 0.6 is 0 Å². The lowest BCUT2D eigenvalue weighted by molar-refractivity contribution is 0.630. The number of hydrogen-bond acceptors (Lipinski definition) is 1. The molecule has 0 saturated carbocycles. The van der Waals surface area contributed by atoms with Gasteiger partial charge in [0.25, 0.3) is 0 Å². The molecular formula is C17H14FN. The van der Waals surface area contributed by atoms with E-state index < -0.39 is 0 Å². The molecular weight excluding hydrogens is 237 g/mol. The van der Waals surface area contributed by atoms with Gasteiger partial charge in [0.15, 0.2) is 0 Å². The summed E-state index contributed by atoms with van der Waals surface area (Å²) in [5.74, 6) is -0.220. The van der Waals surface area contributed by atoms with Gasteiger partial charge >= 0.3 is 0 Å². The van der Waals surface area contributed by atoms with Crippen molar-refractivity contribution >= 4 is 16.5 Å². The molecule has 0 heterocycles. The van der Waals surface area contributed by atoms with Crippen LogP contribution < -0.4 is 5.32 Å². The molecule has 3 aromatic rings. The van der Waals surface area contributed by atoms with Gasteiger partial charge in [-0.1, -0.05) is 54.6 Å². The van der Waals surface area contributed by atoms with Gasteiger partial charge in [0.2, 0.25) is 0 Å². The minimum absolute atomic E-state index is 0.220. The van der Waals surface area contributed by atoms with E-state index in [-0.39, 0.29) is 5.82 Å². The molecule has 0 aliphatic heterocycles. The Balaban J connectivity index is 1.88. The van der Waals surface area contributed by atoms with Gasteiger partial charge in [-0.3, -0.25) is 0 Å². The van der Waals surface area contributed by atoms with Gasteiger partial charge in [-0.05, 0) is 28.5 Å². The average Bonchev–Trinajstić information content (AvgIpc) is 2.46. The highest BCUT2D eigenvalue weighted by atomic mass is 19.1. The molecule has 0 saturated heterocycles. The van der Waals surface area contributed by atoms with Crippen molar-refractivity contribution in [3.63, 3.8) is 0 Å². The maximum atomic E-state index is 13.5. The van der Waals surface area contributed by atoms with E-state index >= 15 is 0 Å². The summed E-state index contributed by atoms with van der Waals surface area (Å²) < 4.78 is 13.5. The molecule has 19 heavy (non-hydrogen) atoms. The van der Waals surface area contributed by atoms with Crippen LogP contribution in [0, 0.1) is 5.82 Å². The fourth-order valence-corrected chi connectivity index (χ4v) is 2.24. The van der Waals surface area contributed by atoms with Crippen molar-refractivity contribution in [2.24, 2.45) is 0 Å². The number of para-hydroxylation sites is 1. The van der Waals surface area contributed by atoms with Crippen LogP contribution in [0.5, 0.6) is 0 Å². The van der Waals surface area contributed by atoms with Crippen LogP contribution in [0.4, 0.5) is 10.1 Å². The Labute approximate surface area is 111 Å². The zero-order chi connectivity index (χ0) is 13.1.